The fourth-order valence-electron chi connectivity index (χ4n) is 12.5. The summed E-state index contributed by atoms with van der Waals surface area (Å²) in [7, 11) is 0. The molecule has 0 N–H and O–H groups in total. The van der Waals surface area contributed by atoms with Crippen LogP contribution in [0.1, 0.15) is 22.3 Å². The first-order chi connectivity index (χ1) is 34.8. The topological polar surface area (TPSA) is 19.6 Å². The van der Waals surface area contributed by atoms with Gasteiger partial charge in [0.25, 0.3) is 0 Å². The lowest BCUT2D eigenvalue weighted by Crippen LogP contribution is -2.29. The molecule has 15 rings (SSSR count). The minimum Gasteiger partial charge on any atom is -0.455 e. The number of fused-ring (bicyclic) bond motifs is 21. The normalized spacial score (nSPS) is 14.6. The number of anilines is 6. The van der Waals surface area contributed by atoms with Gasteiger partial charge in [0, 0.05) is 44.5 Å². The second kappa shape index (κ2) is 14.9. The van der Waals surface area contributed by atoms with Crippen LogP contribution < -0.4 is 9.80 Å². The van der Waals surface area contributed by atoms with Crippen molar-refractivity contribution in [3.63, 3.8) is 0 Å². The van der Waals surface area contributed by atoms with Crippen molar-refractivity contribution in [2.24, 2.45) is 0 Å². The first kappa shape index (κ1) is 38.9. The van der Waals surface area contributed by atoms with Gasteiger partial charge in [0.15, 0.2) is 0 Å². The van der Waals surface area contributed by atoms with Gasteiger partial charge < -0.3 is 14.2 Å². The minimum atomic E-state index is -0.679. The fraction of sp³-hybridized carbons (Fsp3) is 0.0149. The summed E-state index contributed by atoms with van der Waals surface area (Å²) < 4.78 is 6.93. The molecule has 3 heteroatoms. The van der Waals surface area contributed by atoms with Crippen molar-refractivity contribution in [3.8, 4) is 55.6 Å². The number of benzene rings is 11. The summed E-state index contributed by atoms with van der Waals surface area (Å²) in [5.74, 6) is 0. The van der Waals surface area contributed by atoms with E-state index in [0.29, 0.717) is 0 Å². The minimum absolute atomic E-state index is 0.679. The van der Waals surface area contributed by atoms with Crippen LogP contribution in [0.3, 0.4) is 0 Å². The van der Waals surface area contributed by atoms with Gasteiger partial charge in [0.1, 0.15) is 11.2 Å². The molecule has 70 heavy (non-hydrogen) atoms. The summed E-state index contributed by atoms with van der Waals surface area (Å²) in [6.07, 6.45) is 0. The molecule has 3 aliphatic rings. The van der Waals surface area contributed by atoms with E-state index in [0.717, 1.165) is 56.1 Å². The van der Waals surface area contributed by atoms with Gasteiger partial charge in [-0.15, -0.1) is 0 Å². The third-order valence-electron chi connectivity index (χ3n) is 15.2. The first-order valence-corrected chi connectivity index (χ1v) is 24.2. The van der Waals surface area contributed by atoms with E-state index < -0.39 is 5.41 Å². The van der Waals surface area contributed by atoms with Crippen molar-refractivity contribution < 1.29 is 4.42 Å². The Morgan fingerprint density at radius 3 is 1.66 bits per heavy atom. The maximum absolute atomic E-state index is 6.93. The number of hydrogen-bond donors (Lipinski definition) is 0. The predicted molar refractivity (Wildman–Crippen MR) is 289 cm³/mol. The van der Waals surface area contributed by atoms with E-state index >= 15 is 0 Å². The SMILES string of the molecule is c1ccc(N(c2ccc3c(c2)-c2ccccc2-c2ccccc2C32c3ccccc3-c3c2ccc2c3oc3ccccc32)c2cccc3c2N(c2ccccc2)c2ccccc2-c2ccccc2-3)cc1. The lowest BCUT2D eigenvalue weighted by atomic mass is 9.66. The molecule has 1 unspecified atom stereocenters. The molecule has 3 nitrogen and oxygen atoms in total. The van der Waals surface area contributed by atoms with Crippen LogP contribution >= 0.6 is 0 Å². The highest BCUT2D eigenvalue weighted by molar-refractivity contribution is 6.13. The fourth-order valence-corrected chi connectivity index (χ4v) is 12.5. The molecule has 1 aromatic heterocycles. The zero-order valence-electron chi connectivity index (χ0n) is 38.1. The summed E-state index contributed by atoms with van der Waals surface area (Å²) in [4.78, 5) is 4.96. The number of hydrogen-bond acceptors (Lipinski definition) is 3. The second-order valence-corrected chi connectivity index (χ2v) is 18.7. The predicted octanol–water partition coefficient (Wildman–Crippen LogP) is 18.2. The number of para-hydroxylation sites is 5. The van der Waals surface area contributed by atoms with E-state index in [4.69, 9.17) is 4.42 Å². The molecule has 0 saturated carbocycles. The number of furan rings is 1. The molecule has 1 aliphatic heterocycles. The Balaban J connectivity index is 1.05. The van der Waals surface area contributed by atoms with Gasteiger partial charge in [-0.1, -0.05) is 200 Å². The second-order valence-electron chi connectivity index (χ2n) is 18.7. The Bertz CT molecular complexity index is 4090. The highest BCUT2D eigenvalue weighted by Gasteiger charge is 2.51. The van der Waals surface area contributed by atoms with Gasteiger partial charge in [0.2, 0.25) is 0 Å². The highest BCUT2D eigenvalue weighted by atomic mass is 16.3. The molecule has 0 bridgehead atoms. The monoisotopic (exact) mass is 890 g/mol. The van der Waals surface area contributed by atoms with Gasteiger partial charge in [-0.2, -0.15) is 0 Å². The number of nitrogens with zero attached hydrogens (tertiary/aromatic N) is 2. The van der Waals surface area contributed by atoms with Gasteiger partial charge in [-0.05, 0) is 116 Å². The van der Waals surface area contributed by atoms with Crippen LogP contribution in [-0.2, 0) is 5.41 Å². The highest BCUT2D eigenvalue weighted by Crippen LogP contribution is 2.64. The summed E-state index contributed by atoms with van der Waals surface area (Å²) >= 11 is 0. The summed E-state index contributed by atoms with van der Waals surface area (Å²) in [6.45, 7) is 0. The van der Waals surface area contributed by atoms with Crippen LogP contribution in [0.2, 0.25) is 0 Å². The quantitative estimate of drug-likeness (QED) is 0.176. The third kappa shape index (κ3) is 5.29. The van der Waals surface area contributed by atoms with Gasteiger partial charge >= 0.3 is 0 Å². The third-order valence-corrected chi connectivity index (χ3v) is 15.2. The molecule has 12 aromatic rings. The zero-order valence-corrected chi connectivity index (χ0v) is 38.1. The van der Waals surface area contributed by atoms with E-state index in [2.05, 4.69) is 265 Å². The van der Waals surface area contributed by atoms with Crippen molar-refractivity contribution in [2.45, 2.75) is 5.41 Å². The molecule has 0 radical (unpaired) electrons. The first-order valence-electron chi connectivity index (χ1n) is 24.2. The molecular formula is C67H42N2O. The molecule has 0 saturated heterocycles. The number of rotatable bonds is 4. The molecule has 1 spiro atoms. The average molecular weight is 891 g/mol. The molecular weight excluding hydrogens is 849 g/mol. The zero-order chi connectivity index (χ0) is 45.9. The molecule has 326 valence electrons. The molecule has 2 aliphatic carbocycles. The van der Waals surface area contributed by atoms with Crippen LogP contribution in [0.25, 0.3) is 77.6 Å². The Labute approximate surface area is 406 Å². The lowest BCUT2D eigenvalue weighted by molar-refractivity contribution is 0.669. The largest absolute Gasteiger partial charge is 0.455 e. The summed E-state index contributed by atoms with van der Waals surface area (Å²) in [6, 6.07) is 93.9. The van der Waals surface area contributed by atoms with Crippen molar-refractivity contribution in [1.29, 1.82) is 0 Å². The van der Waals surface area contributed by atoms with Crippen LogP contribution in [0.5, 0.6) is 0 Å². The van der Waals surface area contributed by atoms with Crippen molar-refractivity contribution in [2.75, 3.05) is 9.80 Å². The van der Waals surface area contributed by atoms with Crippen LogP contribution in [-0.4, -0.2) is 0 Å². The molecule has 2 heterocycles. The van der Waals surface area contributed by atoms with E-state index in [1.807, 2.05) is 0 Å². The van der Waals surface area contributed by atoms with Gasteiger partial charge in [-0.3, -0.25) is 0 Å². The van der Waals surface area contributed by atoms with Crippen LogP contribution in [0, 0.1) is 0 Å². The Morgan fingerprint density at radius 1 is 0.343 bits per heavy atom. The van der Waals surface area contributed by atoms with Gasteiger partial charge in [-0.25, -0.2) is 0 Å². The van der Waals surface area contributed by atoms with Crippen LogP contribution in [0.15, 0.2) is 259 Å². The van der Waals surface area contributed by atoms with Crippen LogP contribution in [0.4, 0.5) is 34.1 Å². The van der Waals surface area contributed by atoms with Crippen molar-refractivity contribution in [1.82, 2.24) is 0 Å². The Kier molecular flexibility index (Phi) is 8.28. The van der Waals surface area contributed by atoms with E-state index in [1.54, 1.807) is 0 Å². The van der Waals surface area contributed by atoms with Crippen molar-refractivity contribution in [3.05, 3.63) is 277 Å². The molecule has 11 aromatic carbocycles. The maximum Gasteiger partial charge on any atom is 0.143 e. The standard InChI is InChI=1S/C67H42N2O/c1-3-20-43(21-4-1)68(62-36-19-32-53-48-26-9-8-25-47(48)51-29-13-17-35-61(51)69(65(53)62)44-22-5-2-6-23-44)45-38-40-59-56(42-45)49-27-10-7-24-46(49)50-28-11-15-33-57(50)67(59)58-34-16-12-31-55(58)64-60(67)41-39-54-52-30-14-18-37-63(52)70-66(54)64/h1-42H. The lowest BCUT2D eigenvalue weighted by Gasteiger charge is -2.37. The average Bonchev–Trinajstić information content (AvgIpc) is 3.89. The molecule has 0 amide bonds. The van der Waals surface area contributed by atoms with Gasteiger partial charge in [0.05, 0.1) is 22.5 Å². The Hall–Kier alpha value is -9.18. The van der Waals surface area contributed by atoms with Crippen molar-refractivity contribution >= 4 is 56.1 Å². The smallest absolute Gasteiger partial charge is 0.143 e. The molecule has 1 atom stereocenters. The maximum atomic E-state index is 6.93. The van der Waals surface area contributed by atoms with E-state index in [1.165, 1.54) is 77.9 Å². The Morgan fingerprint density at radius 2 is 0.886 bits per heavy atom. The van der Waals surface area contributed by atoms with E-state index in [9.17, 15) is 0 Å². The summed E-state index contributed by atoms with van der Waals surface area (Å²) in [5, 5.41) is 2.27. The van der Waals surface area contributed by atoms with E-state index in [-0.39, 0.29) is 0 Å². The summed E-state index contributed by atoms with van der Waals surface area (Å²) in [5.41, 5.74) is 24.7. The molecule has 0 fully saturated rings.